The Balaban J connectivity index is 2.35. The Morgan fingerprint density at radius 2 is 1.54 bits per heavy atom. The van der Waals surface area contributed by atoms with E-state index < -0.39 is 126 Å². The summed E-state index contributed by atoms with van der Waals surface area (Å²) in [4.78, 5) is 101. The number of methoxy groups -OCH3 is 3. The first-order chi connectivity index (χ1) is 46.9. The van der Waals surface area contributed by atoms with Crippen LogP contribution in [-0.2, 0) is 66.8 Å². The molecule has 0 fully saturated rings. The fourth-order valence-electron chi connectivity index (χ4n) is 11.7. The summed E-state index contributed by atoms with van der Waals surface area (Å²) in [6.07, 6.45) is 19.2. The maximum Gasteiger partial charge on any atom is 0.331 e. The molecule has 99 heavy (non-hydrogen) atoms. The fourth-order valence-corrected chi connectivity index (χ4v) is 11.7. The Hall–Kier alpha value is -6.78. The average Bonchev–Trinajstić information content (AvgIpc) is 0.868. The van der Waals surface area contributed by atoms with Crippen LogP contribution in [0.4, 0.5) is 0 Å². The zero-order chi connectivity index (χ0) is 74.3. The number of likely N-dealkylation sites (N-methyl/N-ethyl adjacent to an activating group) is 2. The van der Waals surface area contributed by atoms with E-state index in [1.54, 1.807) is 89.5 Å². The topological polar surface area (TPSA) is 289 Å². The molecule has 0 radical (unpaired) electrons. The van der Waals surface area contributed by atoms with Gasteiger partial charge in [-0.1, -0.05) is 114 Å². The Labute approximate surface area is 591 Å². The molecule has 1 aromatic rings. The van der Waals surface area contributed by atoms with Gasteiger partial charge in [0.05, 0.1) is 37.6 Å². The Bertz CT molecular complexity index is 2780. The van der Waals surface area contributed by atoms with Crippen LogP contribution in [0, 0.1) is 60.7 Å². The molecular formula is C76H122N6O17. The second-order valence-electron chi connectivity index (χ2n) is 27.4. The number of aliphatic hydroxyl groups is 2. The highest BCUT2D eigenvalue weighted by Gasteiger charge is 2.38. The van der Waals surface area contributed by atoms with Crippen LogP contribution in [0.1, 0.15) is 162 Å². The monoisotopic (exact) mass is 1390 g/mol. The van der Waals surface area contributed by atoms with Crippen molar-refractivity contribution in [2.24, 2.45) is 46.6 Å². The minimum absolute atomic E-state index is 0.00872. The third kappa shape index (κ3) is 33.5. The van der Waals surface area contributed by atoms with Crippen molar-refractivity contribution in [2.45, 2.75) is 220 Å². The second kappa shape index (κ2) is 48.1. The number of cyclic esters (lactones) is 1. The van der Waals surface area contributed by atoms with E-state index in [9.17, 15) is 43.8 Å². The van der Waals surface area contributed by atoms with Crippen LogP contribution < -0.4 is 16.0 Å². The van der Waals surface area contributed by atoms with Crippen LogP contribution in [0.3, 0.4) is 0 Å². The predicted molar refractivity (Wildman–Crippen MR) is 384 cm³/mol. The normalized spacial score (nSPS) is 24.7. The molecule has 0 aliphatic carbocycles. The summed E-state index contributed by atoms with van der Waals surface area (Å²) < 4.78 is 41.8. The third-order valence-electron chi connectivity index (χ3n) is 18.8. The van der Waals surface area contributed by atoms with Crippen molar-refractivity contribution in [3.63, 3.8) is 0 Å². The number of rotatable bonds is 34. The van der Waals surface area contributed by atoms with Crippen LogP contribution >= 0.6 is 0 Å². The van der Waals surface area contributed by atoms with Gasteiger partial charge in [-0.2, -0.15) is 0 Å². The predicted octanol–water partition coefficient (Wildman–Crippen LogP) is 8.67. The van der Waals surface area contributed by atoms with Crippen LogP contribution in [0.25, 0.3) is 0 Å². The molecule has 558 valence electrons. The number of unbranched alkanes of at least 4 members (excludes halogenated alkanes) is 1. The number of nitrogens with one attached hydrogen (secondary N) is 3. The number of nitrogens with zero attached hydrogens (tertiary/aromatic N) is 3. The van der Waals surface area contributed by atoms with E-state index in [4.69, 9.17) is 44.4 Å². The standard InChI is InChI=1S/C76H122N6O17/c1-20-43-78-74(89)62(80-73(88)60-38-33-49(2)34-39-60)28-24-25-44-77-68(84)48-95-79-45-42-54(7)72(96-59(12)83)57(10)67(98-75(90)58(11)81(13)14)41-37-53(6)70(86)55(8)65-30-26-27-61(93-18)46-50(3)32-35-51(4)64(94-19)40-36-52(5)71(87)56(9)66(29-22-21-23-31-69(85)97-65)99-76(91)63(47-92-17)82(15)16/h1,21-23,26-27,31,33-35,38-39,45,50,52-58,61-67,70-72,86-87H,24-25,28-30,32,36-37,40-44,46-48H2,2-19H3,(H,77,84)(H,78,89)(H,80,88)/b22-21+,27-26+,31-23+,51-35+,79-45+/t50-,52-,53+,54-,55-,56-,57+,58?,61+,62+,63?,64+,65+,66-,67-,70+,71-,72-/m1/s1. The van der Waals surface area contributed by atoms with Crippen LogP contribution in [-0.4, -0.2) is 211 Å². The minimum atomic E-state index is -1.02. The second-order valence-corrected chi connectivity index (χ2v) is 27.4. The van der Waals surface area contributed by atoms with E-state index in [-0.39, 0.29) is 76.0 Å². The van der Waals surface area contributed by atoms with Gasteiger partial charge in [-0.05, 0) is 155 Å². The quantitative estimate of drug-likeness (QED) is 0.00820. The molecule has 1 aliphatic heterocycles. The van der Waals surface area contributed by atoms with E-state index in [0.29, 0.717) is 50.5 Å². The number of amides is 3. The lowest BCUT2D eigenvalue weighted by Crippen LogP contribution is -2.46. The molecule has 2 unspecified atom stereocenters. The summed E-state index contributed by atoms with van der Waals surface area (Å²) in [5.74, 6) is -3.48. The van der Waals surface area contributed by atoms with Gasteiger partial charge in [-0.15, -0.1) is 6.42 Å². The number of esters is 4. The maximum absolute atomic E-state index is 13.8. The molecule has 23 nitrogen and oxygen atoms in total. The molecule has 0 saturated carbocycles. The van der Waals surface area contributed by atoms with Crippen molar-refractivity contribution in [3.8, 4) is 12.3 Å². The number of carbonyl (C=O) groups is 7. The van der Waals surface area contributed by atoms with E-state index in [0.717, 1.165) is 17.6 Å². The Kier molecular flexibility index (Phi) is 42.9. The number of terminal acetylenes is 1. The van der Waals surface area contributed by atoms with Crippen molar-refractivity contribution in [1.29, 1.82) is 0 Å². The molecule has 0 saturated heterocycles. The zero-order valence-corrected chi connectivity index (χ0v) is 62.6. The molecule has 1 aromatic carbocycles. The van der Waals surface area contributed by atoms with Crippen molar-refractivity contribution in [3.05, 3.63) is 83.5 Å². The number of hydrogen-bond donors (Lipinski definition) is 5. The van der Waals surface area contributed by atoms with Crippen LogP contribution in [0.2, 0.25) is 0 Å². The van der Waals surface area contributed by atoms with Crippen LogP contribution in [0.15, 0.2) is 77.5 Å². The van der Waals surface area contributed by atoms with Gasteiger partial charge in [0.15, 0.2) is 6.61 Å². The number of ether oxygens (including phenoxy) is 7. The molecule has 1 aliphatic rings. The van der Waals surface area contributed by atoms with E-state index in [1.807, 2.05) is 72.8 Å². The average molecular weight is 1390 g/mol. The molecule has 0 spiro atoms. The van der Waals surface area contributed by atoms with E-state index in [2.05, 4.69) is 47.0 Å². The summed E-state index contributed by atoms with van der Waals surface area (Å²) in [5, 5.41) is 36.2. The number of carbonyl (C=O) groups excluding carboxylic acids is 7. The number of benzene rings is 1. The SMILES string of the molecule is C#CCNC(=O)[C@H](CCCCNC(=O)CO/N=C/C[C@@H](C)[C@@H](OC(C)=O)[C@@H](C)[C@@H](CC[C@H](C)[C@H](O)[C@H](C)[C@@H]1C/C=C/[C@H](OC)C[C@H](C)C/C=C(\C)[C@@H](OC)CC[C@@H](C)[C@@H](O)[C@H](C)[C@H](OC(=O)C(COC)N(C)C)C/C=C/C=C/C(=O)O1)OC(=O)C(C)N(C)C)NC(=O)c1ccc(C)cc1. The molecule has 18 atom stereocenters. The highest BCUT2D eigenvalue weighted by molar-refractivity contribution is 5.97. The molecule has 3 amide bonds. The summed E-state index contributed by atoms with van der Waals surface area (Å²) in [5.41, 5.74) is 2.49. The Morgan fingerprint density at radius 1 is 0.838 bits per heavy atom. The van der Waals surface area contributed by atoms with Gasteiger partial charge in [0.1, 0.15) is 42.5 Å². The molecule has 2 rings (SSSR count). The summed E-state index contributed by atoms with van der Waals surface area (Å²) in [6, 6.07) is 4.84. The molecule has 1 heterocycles. The fraction of sp³-hybridized carbons (Fsp3) is 0.684. The number of aliphatic hydroxyl groups excluding tert-OH is 2. The largest absolute Gasteiger partial charge is 0.462 e. The maximum atomic E-state index is 13.8. The van der Waals surface area contributed by atoms with Crippen molar-refractivity contribution < 1.29 is 81.8 Å². The highest BCUT2D eigenvalue weighted by Crippen LogP contribution is 2.32. The first-order valence-electron chi connectivity index (χ1n) is 35.1. The smallest absolute Gasteiger partial charge is 0.331 e. The third-order valence-corrected chi connectivity index (χ3v) is 18.8. The summed E-state index contributed by atoms with van der Waals surface area (Å²) in [7, 11) is 11.9. The van der Waals surface area contributed by atoms with Gasteiger partial charge in [-0.3, -0.25) is 38.6 Å². The zero-order valence-electron chi connectivity index (χ0n) is 62.6. The molecule has 0 bridgehead atoms. The first-order valence-corrected chi connectivity index (χ1v) is 35.1. The highest BCUT2D eigenvalue weighted by atomic mass is 16.6. The van der Waals surface area contributed by atoms with E-state index >= 15 is 0 Å². The van der Waals surface area contributed by atoms with Gasteiger partial charge in [0.2, 0.25) is 5.91 Å². The summed E-state index contributed by atoms with van der Waals surface area (Å²) >= 11 is 0. The Morgan fingerprint density at radius 3 is 2.16 bits per heavy atom. The lowest BCUT2D eigenvalue weighted by atomic mass is 9.82. The number of allylic oxidation sites excluding steroid dienone is 3. The minimum Gasteiger partial charge on any atom is -0.462 e. The van der Waals surface area contributed by atoms with Crippen LogP contribution in [0.5, 0.6) is 0 Å². The lowest BCUT2D eigenvalue weighted by Gasteiger charge is -2.35. The molecule has 0 aromatic heterocycles. The number of oxime groups is 1. The van der Waals surface area contributed by atoms with Crippen molar-refractivity contribution >= 4 is 47.8 Å². The van der Waals surface area contributed by atoms with Crippen molar-refractivity contribution in [2.75, 3.05) is 75.8 Å². The van der Waals surface area contributed by atoms with Gasteiger partial charge in [0, 0.05) is 83.2 Å². The van der Waals surface area contributed by atoms with Gasteiger partial charge in [0.25, 0.3) is 11.8 Å². The first kappa shape index (κ1) is 88.3. The lowest BCUT2D eigenvalue weighted by molar-refractivity contribution is -0.167. The number of aryl methyl sites for hydroxylation is 1. The molecular weight excluding hydrogens is 1270 g/mol. The van der Waals surface area contributed by atoms with Gasteiger partial charge < -0.3 is 64.2 Å². The van der Waals surface area contributed by atoms with E-state index in [1.165, 1.54) is 26.3 Å². The molecule has 5 N–H and O–H groups in total. The number of hydrogen-bond acceptors (Lipinski definition) is 20. The summed E-state index contributed by atoms with van der Waals surface area (Å²) in [6.45, 7) is 20.4. The molecule has 23 heteroatoms. The van der Waals surface area contributed by atoms with Gasteiger partial charge >= 0.3 is 23.9 Å². The van der Waals surface area contributed by atoms with Gasteiger partial charge in [-0.25, -0.2) is 4.79 Å². The van der Waals surface area contributed by atoms with Crippen molar-refractivity contribution in [1.82, 2.24) is 25.8 Å².